The summed E-state index contributed by atoms with van der Waals surface area (Å²) in [5, 5.41) is 9.41. The molecule has 2 atom stereocenters. The Morgan fingerprint density at radius 1 is 1.33 bits per heavy atom. The van der Waals surface area contributed by atoms with Crippen LogP contribution < -0.4 is 0 Å². The Morgan fingerprint density at radius 3 is 2.50 bits per heavy atom. The zero-order valence-electron chi connectivity index (χ0n) is 11.2. The SMILES string of the molecule is C/C=C/CCC(C(=O)O)C(CC)c1ccccc1. The van der Waals surface area contributed by atoms with Gasteiger partial charge in [0.25, 0.3) is 0 Å². The van der Waals surface area contributed by atoms with E-state index in [1.54, 1.807) is 0 Å². The lowest BCUT2D eigenvalue weighted by Gasteiger charge is -2.22. The molecule has 0 aromatic heterocycles. The van der Waals surface area contributed by atoms with E-state index in [4.69, 9.17) is 0 Å². The molecule has 0 aliphatic rings. The minimum atomic E-state index is -0.685. The van der Waals surface area contributed by atoms with E-state index in [1.807, 2.05) is 49.4 Å². The van der Waals surface area contributed by atoms with E-state index in [9.17, 15) is 9.90 Å². The molecule has 2 heteroatoms. The molecule has 1 aromatic carbocycles. The summed E-state index contributed by atoms with van der Waals surface area (Å²) in [6.45, 7) is 4.02. The van der Waals surface area contributed by atoms with Crippen LogP contribution in [-0.4, -0.2) is 11.1 Å². The molecule has 2 nitrogen and oxygen atoms in total. The first-order chi connectivity index (χ1) is 8.70. The van der Waals surface area contributed by atoms with Crippen molar-refractivity contribution in [1.29, 1.82) is 0 Å². The third-order valence-electron chi connectivity index (χ3n) is 3.35. The Morgan fingerprint density at radius 2 is 2.00 bits per heavy atom. The molecule has 98 valence electrons. The van der Waals surface area contributed by atoms with Crippen molar-refractivity contribution in [3.8, 4) is 0 Å². The highest BCUT2D eigenvalue weighted by atomic mass is 16.4. The monoisotopic (exact) mass is 246 g/mol. The normalized spacial score (nSPS) is 14.6. The van der Waals surface area contributed by atoms with E-state index in [0.717, 1.165) is 18.4 Å². The Hall–Kier alpha value is -1.57. The first kappa shape index (κ1) is 14.5. The fourth-order valence-electron chi connectivity index (χ4n) is 2.39. The summed E-state index contributed by atoms with van der Waals surface area (Å²) in [5.74, 6) is -0.877. The number of aliphatic carboxylic acids is 1. The predicted molar refractivity (Wildman–Crippen MR) is 74.6 cm³/mol. The lowest BCUT2D eigenvalue weighted by atomic mass is 9.81. The lowest BCUT2D eigenvalue weighted by Crippen LogP contribution is -2.21. The van der Waals surface area contributed by atoms with Crippen molar-refractivity contribution in [1.82, 2.24) is 0 Å². The van der Waals surface area contributed by atoms with Crippen LogP contribution in [0.15, 0.2) is 42.5 Å². The summed E-state index contributed by atoms with van der Waals surface area (Å²) in [6, 6.07) is 9.97. The molecule has 18 heavy (non-hydrogen) atoms. The van der Waals surface area contributed by atoms with E-state index in [0.29, 0.717) is 6.42 Å². The van der Waals surface area contributed by atoms with Crippen molar-refractivity contribution in [2.75, 3.05) is 0 Å². The molecule has 0 heterocycles. The highest BCUT2D eigenvalue weighted by Gasteiger charge is 2.27. The number of rotatable bonds is 7. The minimum absolute atomic E-state index is 0.106. The maximum Gasteiger partial charge on any atom is 0.307 e. The minimum Gasteiger partial charge on any atom is -0.481 e. The molecular formula is C16H22O2. The standard InChI is InChI=1S/C16H22O2/c1-3-5-7-12-15(16(17)18)14(4-2)13-10-8-6-9-11-13/h3,5-6,8-11,14-15H,4,7,12H2,1-2H3,(H,17,18)/b5-3+. The van der Waals surface area contributed by atoms with Crippen LogP contribution in [-0.2, 0) is 4.79 Å². The molecule has 0 aliphatic heterocycles. The van der Waals surface area contributed by atoms with Gasteiger partial charge in [-0.1, -0.05) is 49.4 Å². The zero-order valence-corrected chi connectivity index (χ0v) is 11.2. The van der Waals surface area contributed by atoms with E-state index in [1.165, 1.54) is 0 Å². The molecule has 2 unspecified atom stereocenters. The molecule has 1 rings (SSSR count). The van der Waals surface area contributed by atoms with Gasteiger partial charge in [-0.2, -0.15) is 0 Å². The fraction of sp³-hybridized carbons (Fsp3) is 0.438. The van der Waals surface area contributed by atoms with Gasteiger partial charge in [0.15, 0.2) is 0 Å². The third-order valence-corrected chi connectivity index (χ3v) is 3.35. The lowest BCUT2D eigenvalue weighted by molar-refractivity contribution is -0.142. The summed E-state index contributed by atoms with van der Waals surface area (Å²) in [7, 11) is 0. The second-order valence-electron chi connectivity index (χ2n) is 4.52. The highest BCUT2D eigenvalue weighted by molar-refractivity contribution is 5.71. The van der Waals surface area contributed by atoms with Crippen LogP contribution >= 0.6 is 0 Å². The van der Waals surface area contributed by atoms with Gasteiger partial charge in [-0.25, -0.2) is 0 Å². The van der Waals surface area contributed by atoms with E-state index >= 15 is 0 Å². The maximum atomic E-state index is 11.4. The first-order valence-electron chi connectivity index (χ1n) is 6.59. The van der Waals surface area contributed by atoms with Gasteiger partial charge < -0.3 is 5.11 Å². The van der Waals surface area contributed by atoms with Crippen LogP contribution in [0.25, 0.3) is 0 Å². The molecule has 0 amide bonds. The second kappa shape index (κ2) is 7.70. The van der Waals surface area contributed by atoms with Gasteiger partial charge in [0.2, 0.25) is 0 Å². The molecule has 1 aromatic rings. The maximum absolute atomic E-state index is 11.4. The third kappa shape index (κ3) is 4.02. The molecule has 0 radical (unpaired) electrons. The quantitative estimate of drug-likeness (QED) is 0.731. The van der Waals surface area contributed by atoms with Crippen LogP contribution in [0.4, 0.5) is 0 Å². The number of carbonyl (C=O) groups is 1. The zero-order chi connectivity index (χ0) is 13.4. The molecule has 0 saturated carbocycles. The van der Waals surface area contributed by atoms with E-state index < -0.39 is 5.97 Å². The van der Waals surface area contributed by atoms with Crippen LogP contribution in [0.3, 0.4) is 0 Å². The predicted octanol–water partition coefficient (Wildman–Crippen LogP) is 4.24. The average Bonchev–Trinajstić information content (AvgIpc) is 2.39. The Balaban J connectivity index is 2.84. The van der Waals surface area contributed by atoms with Gasteiger partial charge >= 0.3 is 5.97 Å². The summed E-state index contributed by atoms with van der Waals surface area (Å²) in [5.41, 5.74) is 1.13. The number of hydrogen-bond donors (Lipinski definition) is 1. The largest absolute Gasteiger partial charge is 0.481 e. The summed E-state index contributed by atoms with van der Waals surface area (Å²) < 4.78 is 0. The van der Waals surface area contributed by atoms with Gasteiger partial charge in [-0.3, -0.25) is 4.79 Å². The number of hydrogen-bond acceptors (Lipinski definition) is 1. The van der Waals surface area contributed by atoms with E-state index in [-0.39, 0.29) is 11.8 Å². The van der Waals surface area contributed by atoms with Crippen molar-refractivity contribution in [2.24, 2.45) is 5.92 Å². The summed E-state index contributed by atoms with van der Waals surface area (Å²) >= 11 is 0. The Labute approximate surface area is 109 Å². The van der Waals surface area contributed by atoms with Crippen LogP contribution in [0.2, 0.25) is 0 Å². The van der Waals surface area contributed by atoms with Gasteiger partial charge in [-0.15, -0.1) is 0 Å². The van der Waals surface area contributed by atoms with Gasteiger partial charge in [0.05, 0.1) is 5.92 Å². The smallest absolute Gasteiger partial charge is 0.307 e. The van der Waals surface area contributed by atoms with Crippen molar-refractivity contribution < 1.29 is 9.90 Å². The molecule has 0 aliphatic carbocycles. The molecule has 0 saturated heterocycles. The summed E-state index contributed by atoms with van der Waals surface area (Å²) in [4.78, 5) is 11.4. The molecule has 0 fully saturated rings. The fourth-order valence-corrected chi connectivity index (χ4v) is 2.39. The van der Waals surface area contributed by atoms with Gasteiger partial charge in [0, 0.05) is 0 Å². The number of carboxylic acid groups (broad SMARTS) is 1. The van der Waals surface area contributed by atoms with Gasteiger partial charge in [0.1, 0.15) is 0 Å². The van der Waals surface area contributed by atoms with Gasteiger partial charge in [-0.05, 0) is 37.7 Å². The van der Waals surface area contributed by atoms with Crippen LogP contribution in [0.1, 0.15) is 44.6 Å². The van der Waals surface area contributed by atoms with Crippen molar-refractivity contribution in [3.63, 3.8) is 0 Å². The van der Waals surface area contributed by atoms with E-state index in [2.05, 4.69) is 6.92 Å². The Kier molecular flexibility index (Phi) is 6.20. The Bertz CT molecular complexity index is 381. The molecule has 0 bridgehead atoms. The van der Waals surface area contributed by atoms with Crippen LogP contribution in [0.5, 0.6) is 0 Å². The van der Waals surface area contributed by atoms with Crippen molar-refractivity contribution in [2.45, 2.75) is 39.0 Å². The first-order valence-corrected chi connectivity index (χ1v) is 6.59. The topological polar surface area (TPSA) is 37.3 Å². The number of carboxylic acids is 1. The molecular weight excluding hydrogens is 224 g/mol. The molecule has 0 spiro atoms. The van der Waals surface area contributed by atoms with Crippen LogP contribution in [0, 0.1) is 5.92 Å². The molecule has 1 N–H and O–H groups in total. The van der Waals surface area contributed by atoms with Crippen molar-refractivity contribution in [3.05, 3.63) is 48.0 Å². The highest BCUT2D eigenvalue weighted by Crippen LogP contribution is 2.31. The summed E-state index contributed by atoms with van der Waals surface area (Å²) in [6.07, 6.45) is 6.40. The van der Waals surface area contributed by atoms with Crippen molar-refractivity contribution >= 4 is 5.97 Å². The average molecular weight is 246 g/mol. The number of benzene rings is 1. The second-order valence-corrected chi connectivity index (χ2v) is 4.52. The number of allylic oxidation sites excluding steroid dienone is 2.